The molecule has 16 amide bonds. The Balaban J connectivity index is 1.11. The summed E-state index contributed by atoms with van der Waals surface area (Å²) >= 11 is 6.28. The average molecular weight is 1690 g/mol. The molecule has 1 aromatic heterocycles. The third kappa shape index (κ3) is 30.5. The van der Waals surface area contributed by atoms with Gasteiger partial charge in [-0.15, -0.1) is 0 Å². The van der Waals surface area contributed by atoms with E-state index >= 15 is 28.8 Å². The number of fused-ring (bicyclic) bond motifs is 1. The number of rotatable bonds is 43. The number of imide groups is 1. The van der Waals surface area contributed by atoms with Crippen molar-refractivity contribution in [1.29, 1.82) is 0 Å². The minimum Gasteiger partial charge on any atom is -0.437 e. The molecule has 35 heteroatoms. The van der Waals surface area contributed by atoms with Gasteiger partial charge in [-0.25, -0.2) is 0 Å². The van der Waals surface area contributed by atoms with Gasteiger partial charge in [0.15, 0.2) is 12.6 Å². The van der Waals surface area contributed by atoms with Crippen molar-refractivity contribution < 1.29 is 81.5 Å². The lowest BCUT2D eigenvalue weighted by Gasteiger charge is -2.31. The standard InChI is InChI=1S/C86H111ClN18O16/c1-49(2)38-64(77(112)95-63(19-12-13-36-90-50(3)4)85(120)104-37-15-20-72(104)84(119)91-51(5)75(88)110)96-79(114)67(41-54-24-31-61(32-25-54)93-74(109)47-105(7,8)9)98-81(116)68(42-55-26-33-62(34-27-55)94-76(111)70-45-73(108)103-86(121)102-70)100-83(118)71(48-106)101-82(117)69(44-57-16-14-35-89-46-57)99-80(115)66(40-53-22-29-60(87)30-23-53)97-78(113)65(92-52(6)107)43-56-21-28-58-17-10-11-18-59(58)39-56/h10-11,14,16-18,21-35,39,46,49-51,63-72,90,106H,12-13,15,19-20,36-38,40-45,47-48H2,1-9H3,(H14-,88,91,92,93,94,95,96,97,98,99,100,101,102,103,107,108,109,110,111,112,113,114,115,116,117,118,119,121)/t51-,63+,64+,65-,66-,67-,68+,69-,70?,71+,72+/m1/s1. The van der Waals surface area contributed by atoms with Gasteiger partial charge in [-0.05, 0) is 139 Å². The lowest BCUT2D eigenvalue weighted by molar-refractivity contribution is -0.861. The number of likely N-dealkylation sites (N-methyl/N-ethyl adjacent to an activating group) is 1. The number of aliphatic hydroxyl groups excluding tert-OH is 1. The third-order valence-corrected chi connectivity index (χ3v) is 20.3. The highest BCUT2D eigenvalue weighted by Crippen LogP contribution is 2.24. The molecule has 2 aliphatic rings. The van der Waals surface area contributed by atoms with Crippen molar-refractivity contribution in [2.24, 2.45) is 11.7 Å². The topological polar surface area (TPSA) is 489 Å². The largest absolute Gasteiger partial charge is 0.437 e. The van der Waals surface area contributed by atoms with Crippen molar-refractivity contribution in [2.45, 2.75) is 191 Å². The number of amides is 16. The van der Waals surface area contributed by atoms with Gasteiger partial charge in [-0.3, -0.25) is 76.9 Å². The van der Waals surface area contributed by atoms with E-state index in [0.717, 1.165) is 10.8 Å². The SMILES string of the molecule is CC(=O)N[C@H](Cc1ccc2ccccc2c1)C(=O)N[C@H](Cc1ccc(Cl)cc1)C(=O)N[C@H](Cc1cccnc1)C(=O)N[C@@H](CO)C(=O)N[C@@H](Cc1ccc(NC(=O)C2CC(=O)[N-]C(=O)N2)cc1)C(=O)N[C@H](Cc1ccc(NC(=O)C[N+](C)(C)C)cc1)C(=O)N[C@@H](CC(C)C)C(=O)N[C@@H](CCCCNC(C)C)C(=O)N1CCC[C@H]1C(=O)N[C@H](C)C(N)=O. The molecular weight excluding hydrogens is 1580 g/mol. The molecule has 0 aliphatic carbocycles. The molecule has 0 radical (unpaired) electrons. The van der Waals surface area contributed by atoms with Crippen LogP contribution in [0.25, 0.3) is 16.1 Å². The van der Waals surface area contributed by atoms with Crippen LogP contribution in [0.1, 0.15) is 114 Å². The number of likely N-dealkylation sites (tertiary alicyclic amines) is 1. The molecule has 34 nitrogen and oxygen atoms in total. The summed E-state index contributed by atoms with van der Waals surface area (Å²) in [5.41, 5.74) is 8.34. The van der Waals surface area contributed by atoms with E-state index in [4.69, 9.17) is 17.3 Å². The van der Waals surface area contributed by atoms with Gasteiger partial charge in [0.25, 0.3) is 5.91 Å². The average Bonchev–Trinajstić information content (AvgIpc) is 1.75. The highest BCUT2D eigenvalue weighted by molar-refractivity contribution is 6.30. The number of halogens is 1. The number of quaternary nitrogens is 1. The molecular formula is C86H111ClN18O16. The number of nitrogens with one attached hydrogen (secondary N) is 13. The second-order valence-corrected chi connectivity index (χ2v) is 32.6. The number of benzene rings is 5. The van der Waals surface area contributed by atoms with E-state index in [-0.39, 0.29) is 81.6 Å². The third-order valence-electron chi connectivity index (χ3n) is 20.0. The normalized spacial score (nSPS) is 16.2. The van der Waals surface area contributed by atoms with Crippen LogP contribution in [0.15, 0.2) is 140 Å². The molecule has 1 unspecified atom stereocenters. The summed E-state index contributed by atoms with van der Waals surface area (Å²) in [4.78, 5) is 215. The van der Waals surface area contributed by atoms with Crippen LogP contribution >= 0.6 is 11.6 Å². The molecule has 6 aromatic rings. The Morgan fingerprint density at radius 2 is 1.05 bits per heavy atom. The van der Waals surface area contributed by atoms with E-state index in [1.54, 1.807) is 74.5 Å². The number of nitrogens with zero attached hydrogens (tertiary/aromatic N) is 4. The zero-order valence-corrected chi connectivity index (χ0v) is 70.2. The number of hydrogen-bond acceptors (Lipinski definition) is 18. The highest BCUT2D eigenvalue weighted by atomic mass is 35.5. The van der Waals surface area contributed by atoms with Crippen LogP contribution in [-0.2, 0) is 99.2 Å². The van der Waals surface area contributed by atoms with Gasteiger partial charge in [0.1, 0.15) is 66.3 Å². The fourth-order valence-electron chi connectivity index (χ4n) is 13.8. The maximum atomic E-state index is 15.6. The number of carbonyl (C=O) groups is 15. The van der Waals surface area contributed by atoms with Crippen molar-refractivity contribution in [3.05, 3.63) is 178 Å². The maximum absolute atomic E-state index is 15.6. The molecule has 648 valence electrons. The number of anilines is 2. The van der Waals surface area contributed by atoms with Crippen LogP contribution in [0.3, 0.4) is 0 Å². The van der Waals surface area contributed by atoms with E-state index in [0.29, 0.717) is 68.8 Å². The molecule has 8 rings (SSSR count). The number of primary amides is 1. The Labute approximate surface area is 707 Å². The van der Waals surface area contributed by atoms with Crippen LogP contribution in [-0.4, -0.2) is 228 Å². The fourth-order valence-corrected chi connectivity index (χ4v) is 13.9. The van der Waals surface area contributed by atoms with E-state index in [9.17, 15) is 48.3 Å². The van der Waals surface area contributed by atoms with Gasteiger partial charge in [0.2, 0.25) is 70.9 Å². The van der Waals surface area contributed by atoms with E-state index in [2.05, 4.69) is 79.4 Å². The van der Waals surface area contributed by atoms with E-state index < -0.39 is 169 Å². The Kier molecular flexibility index (Phi) is 35.2. The number of unbranched alkanes of at least 4 members (excludes halogenated alkanes) is 1. The van der Waals surface area contributed by atoms with Gasteiger partial charge in [-0.2, -0.15) is 0 Å². The van der Waals surface area contributed by atoms with Crippen LogP contribution in [0.2, 0.25) is 5.02 Å². The zero-order valence-electron chi connectivity index (χ0n) is 69.4. The Morgan fingerprint density at radius 1 is 0.562 bits per heavy atom. The molecule has 2 aliphatic heterocycles. The predicted molar refractivity (Wildman–Crippen MR) is 453 cm³/mol. The summed E-state index contributed by atoms with van der Waals surface area (Å²) in [6.07, 6.45) is 3.05. The zero-order chi connectivity index (χ0) is 88.2. The minimum atomic E-state index is -1.92. The summed E-state index contributed by atoms with van der Waals surface area (Å²) in [6, 6.07) is 18.5. The molecule has 2 saturated heterocycles. The molecule has 0 spiro atoms. The number of nitrogens with two attached hydrogens (primary N) is 1. The number of pyridine rings is 1. The Bertz CT molecular complexity index is 4650. The molecule has 0 bridgehead atoms. The molecule has 121 heavy (non-hydrogen) atoms. The summed E-state index contributed by atoms with van der Waals surface area (Å²) < 4.78 is 0.313. The first-order chi connectivity index (χ1) is 57.5. The van der Waals surface area contributed by atoms with Crippen molar-refractivity contribution in [3.63, 3.8) is 0 Å². The second-order valence-electron chi connectivity index (χ2n) is 32.2. The maximum Gasteiger partial charge on any atom is 0.279 e. The van der Waals surface area contributed by atoms with Crippen molar-refractivity contribution >= 4 is 122 Å². The number of hydrogen-bond donors (Lipinski definition) is 15. The first-order valence-electron chi connectivity index (χ1n) is 40.4. The highest BCUT2D eigenvalue weighted by Gasteiger charge is 2.41. The van der Waals surface area contributed by atoms with Gasteiger partial charge in [0, 0.05) is 92.9 Å². The molecule has 16 N–H and O–H groups in total. The van der Waals surface area contributed by atoms with Gasteiger partial charge < -0.3 is 94.7 Å². The van der Waals surface area contributed by atoms with Crippen LogP contribution in [0.4, 0.5) is 16.2 Å². The lowest BCUT2D eigenvalue weighted by atomic mass is 9.99. The first kappa shape index (κ1) is 94.2. The van der Waals surface area contributed by atoms with Gasteiger partial charge in [-0.1, -0.05) is 124 Å². The first-order valence-corrected chi connectivity index (χ1v) is 40.7. The van der Waals surface area contributed by atoms with Gasteiger partial charge in [0.05, 0.1) is 27.7 Å². The lowest BCUT2D eigenvalue weighted by Crippen LogP contribution is -2.62. The second kappa shape index (κ2) is 45.2. The summed E-state index contributed by atoms with van der Waals surface area (Å²) in [6.45, 7) is 9.91. The smallest absolute Gasteiger partial charge is 0.279 e. The number of urea groups is 1. The molecule has 11 atom stereocenters. The number of aliphatic hydroxyl groups is 1. The number of carbonyl (C=O) groups excluding carboxylic acids is 15. The van der Waals surface area contributed by atoms with Crippen LogP contribution in [0.5, 0.6) is 0 Å². The van der Waals surface area contributed by atoms with E-state index in [1.165, 1.54) is 55.4 Å². The molecule has 0 saturated carbocycles. The Hall–Kier alpha value is -12.3. The Morgan fingerprint density at radius 3 is 1.56 bits per heavy atom. The summed E-state index contributed by atoms with van der Waals surface area (Å²) in [5, 5.41) is 52.2. The number of aromatic nitrogens is 1. The van der Waals surface area contributed by atoms with Crippen molar-refractivity contribution in [1.82, 2.24) is 68.4 Å². The summed E-state index contributed by atoms with van der Waals surface area (Å²) in [7, 11) is 5.52. The molecule has 2 fully saturated rings. The van der Waals surface area contributed by atoms with Crippen molar-refractivity contribution in [2.75, 3.05) is 58.0 Å². The summed E-state index contributed by atoms with van der Waals surface area (Å²) in [5.74, 6) is -11.4. The monoisotopic (exact) mass is 1690 g/mol. The predicted octanol–water partition coefficient (Wildman–Crippen LogP) is 2.45. The van der Waals surface area contributed by atoms with Crippen molar-refractivity contribution in [3.8, 4) is 0 Å². The molecule has 3 heterocycles. The van der Waals surface area contributed by atoms with Crippen LogP contribution < -0.4 is 74.9 Å². The minimum absolute atomic E-state index is 0.00524. The molecule has 5 aromatic carbocycles. The fraction of sp³-hybridized carbons (Fsp3) is 0.442. The van der Waals surface area contributed by atoms with E-state index in [1.807, 2.05) is 77.5 Å². The van der Waals surface area contributed by atoms with Crippen LogP contribution in [0, 0.1) is 5.92 Å². The van der Waals surface area contributed by atoms with Gasteiger partial charge >= 0.3 is 0 Å². The quantitative estimate of drug-likeness (QED) is 0.0193.